The van der Waals surface area contributed by atoms with Gasteiger partial charge in [0.05, 0.1) is 0 Å². The molecular formula is C13H10INO5S. The van der Waals surface area contributed by atoms with Gasteiger partial charge >= 0.3 is 5.97 Å². The number of aromatic carboxylic acids is 1. The number of rotatable bonds is 4. The number of pyridine rings is 1. The Morgan fingerprint density at radius 1 is 1.33 bits per heavy atom. The Balaban J connectivity index is 2.52. The number of carboxylic acids is 1. The van der Waals surface area contributed by atoms with Crippen LogP contribution in [0.3, 0.4) is 0 Å². The molecule has 0 aliphatic heterocycles. The first-order chi connectivity index (χ1) is 9.79. The van der Waals surface area contributed by atoms with E-state index in [-0.39, 0.29) is 22.1 Å². The van der Waals surface area contributed by atoms with Crippen molar-refractivity contribution < 1.29 is 23.1 Å². The fraction of sp³-hybridized carbons (Fsp3) is 0.0769. The molecule has 0 fully saturated rings. The van der Waals surface area contributed by atoms with E-state index >= 15 is 0 Å². The van der Waals surface area contributed by atoms with Crippen molar-refractivity contribution in [2.45, 2.75) is 4.90 Å². The first-order valence-electron chi connectivity index (χ1n) is 5.65. The van der Waals surface area contributed by atoms with Gasteiger partial charge in [-0.15, -0.1) is 0 Å². The number of benzene rings is 1. The highest BCUT2D eigenvalue weighted by molar-refractivity contribution is 14.1. The molecule has 6 nitrogen and oxygen atoms in total. The molecule has 0 saturated heterocycles. The van der Waals surface area contributed by atoms with Crippen molar-refractivity contribution in [1.82, 2.24) is 4.98 Å². The van der Waals surface area contributed by atoms with E-state index in [4.69, 9.17) is 4.74 Å². The Hall–Kier alpha value is -1.68. The highest BCUT2D eigenvalue weighted by atomic mass is 127. The summed E-state index contributed by atoms with van der Waals surface area (Å²) in [6, 6.07) is 7.37. The first kappa shape index (κ1) is 15.7. The zero-order chi connectivity index (χ0) is 15.6. The molecule has 0 radical (unpaired) electrons. The van der Waals surface area contributed by atoms with Crippen LogP contribution in [0.2, 0.25) is 0 Å². The standard InChI is InChI=1S/C13H10INO5S/c1-21(18,19)11-3-2-6-15-12(11)20-10-5-4-8(14)7-9(10)13(16)17/h2-7H,1H3,(H,16,17). The molecule has 1 heterocycles. The summed E-state index contributed by atoms with van der Waals surface area (Å²) in [5.41, 5.74) is -0.0630. The number of carboxylic acid groups (broad SMARTS) is 1. The number of hydrogen-bond donors (Lipinski definition) is 1. The average molecular weight is 419 g/mol. The SMILES string of the molecule is CS(=O)(=O)c1cccnc1Oc1ccc(I)cc1C(=O)O. The van der Waals surface area contributed by atoms with E-state index in [2.05, 4.69) is 4.98 Å². The van der Waals surface area contributed by atoms with Crippen molar-refractivity contribution in [2.24, 2.45) is 0 Å². The van der Waals surface area contributed by atoms with E-state index in [0.29, 0.717) is 0 Å². The minimum absolute atomic E-state index is 0.0338. The zero-order valence-corrected chi connectivity index (χ0v) is 13.8. The molecule has 0 aliphatic carbocycles. The third-order valence-corrected chi connectivity index (χ3v) is 4.30. The molecule has 0 amide bonds. The number of carbonyl (C=O) groups is 1. The van der Waals surface area contributed by atoms with Gasteiger partial charge in [-0.05, 0) is 52.9 Å². The maximum atomic E-state index is 11.7. The van der Waals surface area contributed by atoms with Gasteiger partial charge < -0.3 is 9.84 Å². The monoisotopic (exact) mass is 419 g/mol. The van der Waals surface area contributed by atoms with Gasteiger partial charge in [-0.1, -0.05) is 0 Å². The average Bonchev–Trinajstić information content (AvgIpc) is 2.40. The highest BCUT2D eigenvalue weighted by Crippen LogP contribution is 2.29. The Morgan fingerprint density at radius 3 is 2.67 bits per heavy atom. The van der Waals surface area contributed by atoms with Gasteiger partial charge in [-0.3, -0.25) is 0 Å². The molecule has 0 bridgehead atoms. The Morgan fingerprint density at radius 2 is 2.05 bits per heavy atom. The summed E-state index contributed by atoms with van der Waals surface area (Å²) >= 11 is 1.98. The normalized spacial score (nSPS) is 11.1. The van der Waals surface area contributed by atoms with E-state index in [1.165, 1.54) is 30.5 Å². The molecule has 0 saturated carbocycles. The van der Waals surface area contributed by atoms with Gasteiger partial charge in [0.1, 0.15) is 16.2 Å². The number of nitrogens with zero attached hydrogens (tertiary/aromatic N) is 1. The third kappa shape index (κ3) is 3.70. The highest BCUT2D eigenvalue weighted by Gasteiger charge is 2.19. The summed E-state index contributed by atoms with van der Waals surface area (Å²) < 4.78 is 29.5. The van der Waals surface area contributed by atoms with Crippen LogP contribution in [-0.2, 0) is 9.84 Å². The quantitative estimate of drug-likeness (QED) is 0.766. The van der Waals surface area contributed by atoms with Gasteiger partial charge in [0, 0.05) is 16.0 Å². The van der Waals surface area contributed by atoms with Crippen molar-refractivity contribution in [3.8, 4) is 11.6 Å². The molecule has 8 heteroatoms. The van der Waals surface area contributed by atoms with E-state index < -0.39 is 15.8 Å². The predicted octanol–water partition coefficient (Wildman–Crippen LogP) is 2.58. The minimum atomic E-state index is -3.53. The molecule has 0 aliphatic rings. The lowest BCUT2D eigenvalue weighted by molar-refractivity contribution is 0.0694. The van der Waals surface area contributed by atoms with Gasteiger partial charge in [-0.2, -0.15) is 0 Å². The molecule has 0 spiro atoms. The second-order valence-electron chi connectivity index (χ2n) is 4.13. The van der Waals surface area contributed by atoms with Crippen LogP contribution in [0.4, 0.5) is 0 Å². The summed E-state index contributed by atoms with van der Waals surface area (Å²) in [5.74, 6) is -1.28. The van der Waals surface area contributed by atoms with Gasteiger partial charge in [-0.25, -0.2) is 18.2 Å². The van der Waals surface area contributed by atoms with Gasteiger partial charge in [0.2, 0.25) is 5.88 Å². The lowest BCUT2D eigenvalue weighted by Gasteiger charge is -2.10. The number of aromatic nitrogens is 1. The van der Waals surface area contributed by atoms with Gasteiger partial charge in [0.25, 0.3) is 0 Å². The molecule has 1 aromatic heterocycles. The number of sulfone groups is 1. The Labute approximate surface area is 134 Å². The fourth-order valence-electron chi connectivity index (χ4n) is 1.60. The molecule has 1 N–H and O–H groups in total. The second kappa shape index (κ2) is 5.98. The predicted molar refractivity (Wildman–Crippen MR) is 83.5 cm³/mol. The molecular weight excluding hydrogens is 409 g/mol. The number of hydrogen-bond acceptors (Lipinski definition) is 5. The first-order valence-corrected chi connectivity index (χ1v) is 8.62. The maximum Gasteiger partial charge on any atom is 0.339 e. The molecule has 21 heavy (non-hydrogen) atoms. The summed E-state index contributed by atoms with van der Waals surface area (Å²) in [5, 5.41) is 9.18. The van der Waals surface area contributed by atoms with E-state index in [1.54, 1.807) is 6.07 Å². The molecule has 1 aromatic carbocycles. The van der Waals surface area contributed by atoms with Crippen molar-refractivity contribution in [2.75, 3.05) is 6.26 Å². The van der Waals surface area contributed by atoms with E-state index in [0.717, 1.165) is 9.83 Å². The topological polar surface area (TPSA) is 93.6 Å². The number of halogens is 1. The third-order valence-electron chi connectivity index (χ3n) is 2.51. The van der Waals surface area contributed by atoms with Crippen LogP contribution in [0, 0.1) is 3.57 Å². The summed E-state index contributed by atoms with van der Waals surface area (Å²) in [7, 11) is -3.53. The van der Waals surface area contributed by atoms with Crippen molar-refractivity contribution >= 4 is 38.4 Å². The van der Waals surface area contributed by atoms with Crippen LogP contribution in [0.15, 0.2) is 41.4 Å². The lowest BCUT2D eigenvalue weighted by Crippen LogP contribution is -2.05. The molecule has 0 atom stereocenters. The lowest BCUT2D eigenvalue weighted by atomic mass is 10.2. The fourth-order valence-corrected chi connectivity index (χ4v) is 2.83. The zero-order valence-electron chi connectivity index (χ0n) is 10.8. The van der Waals surface area contributed by atoms with E-state index in [9.17, 15) is 18.3 Å². The van der Waals surface area contributed by atoms with Crippen LogP contribution in [0.1, 0.15) is 10.4 Å². The molecule has 2 rings (SSSR count). The van der Waals surface area contributed by atoms with Crippen LogP contribution in [0.5, 0.6) is 11.6 Å². The summed E-state index contributed by atoms with van der Waals surface area (Å²) in [6.45, 7) is 0. The van der Waals surface area contributed by atoms with Crippen molar-refractivity contribution in [1.29, 1.82) is 0 Å². The van der Waals surface area contributed by atoms with Crippen molar-refractivity contribution in [3.05, 3.63) is 45.7 Å². The smallest absolute Gasteiger partial charge is 0.339 e. The molecule has 110 valence electrons. The number of ether oxygens (including phenoxy) is 1. The van der Waals surface area contributed by atoms with Crippen LogP contribution >= 0.6 is 22.6 Å². The molecule has 0 unspecified atom stereocenters. The second-order valence-corrected chi connectivity index (χ2v) is 7.36. The largest absolute Gasteiger partial charge is 0.478 e. The van der Waals surface area contributed by atoms with E-state index in [1.807, 2.05) is 22.6 Å². The van der Waals surface area contributed by atoms with Gasteiger partial charge in [0.15, 0.2) is 9.84 Å². The summed E-state index contributed by atoms with van der Waals surface area (Å²) in [4.78, 5) is 15.0. The molecule has 2 aromatic rings. The van der Waals surface area contributed by atoms with Crippen molar-refractivity contribution in [3.63, 3.8) is 0 Å². The van der Waals surface area contributed by atoms with Crippen LogP contribution < -0.4 is 4.74 Å². The van der Waals surface area contributed by atoms with Crippen LogP contribution in [0.25, 0.3) is 0 Å². The Kier molecular flexibility index (Phi) is 4.47. The minimum Gasteiger partial charge on any atom is -0.478 e. The summed E-state index contributed by atoms with van der Waals surface area (Å²) in [6.07, 6.45) is 2.40. The Bertz CT molecular complexity index is 804. The maximum absolute atomic E-state index is 11.7. The van der Waals surface area contributed by atoms with Crippen LogP contribution in [-0.4, -0.2) is 30.7 Å².